The third-order valence-corrected chi connectivity index (χ3v) is 4.48. The Morgan fingerprint density at radius 2 is 2.00 bits per heavy atom. The van der Waals surface area contributed by atoms with Crippen LogP contribution in [0.2, 0.25) is 0 Å². The second-order valence-electron chi connectivity index (χ2n) is 4.58. The van der Waals surface area contributed by atoms with Gasteiger partial charge in [0.05, 0.1) is 6.04 Å². The minimum Gasteiger partial charge on any atom is -0.271 e. The van der Waals surface area contributed by atoms with Crippen molar-refractivity contribution in [1.29, 1.82) is 0 Å². The molecule has 0 saturated heterocycles. The second kappa shape index (κ2) is 4.61. The average Bonchev–Trinajstić information content (AvgIpc) is 2.97. The van der Waals surface area contributed by atoms with Crippen molar-refractivity contribution in [1.82, 2.24) is 5.43 Å². The van der Waals surface area contributed by atoms with Gasteiger partial charge in [0.2, 0.25) is 0 Å². The van der Waals surface area contributed by atoms with Gasteiger partial charge in [-0.1, -0.05) is 36.4 Å². The molecule has 1 aliphatic carbocycles. The van der Waals surface area contributed by atoms with E-state index in [1.54, 1.807) is 11.3 Å². The Hall–Kier alpha value is -1.16. The third kappa shape index (κ3) is 2.14. The zero-order chi connectivity index (χ0) is 11.7. The van der Waals surface area contributed by atoms with Crippen molar-refractivity contribution in [3.63, 3.8) is 0 Å². The Bertz CT molecular complexity index is 466. The number of hydrazine groups is 1. The summed E-state index contributed by atoms with van der Waals surface area (Å²) in [5.41, 5.74) is 4.42. The molecule has 0 amide bonds. The highest BCUT2D eigenvalue weighted by Crippen LogP contribution is 2.54. The predicted molar refractivity (Wildman–Crippen MR) is 71.7 cm³/mol. The van der Waals surface area contributed by atoms with Crippen LogP contribution in [0, 0.1) is 5.92 Å². The van der Waals surface area contributed by atoms with Gasteiger partial charge < -0.3 is 0 Å². The Balaban J connectivity index is 1.75. The average molecular weight is 244 g/mol. The number of thiophene rings is 1. The fourth-order valence-electron chi connectivity index (χ4n) is 2.55. The highest BCUT2D eigenvalue weighted by Gasteiger charge is 2.44. The van der Waals surface area contributed by atoms with E-state index in [4.69, 9.17) is 5.84 Å². The summed E-state index contributed by atoms with van der Waals surface area (Å²) >= 11 is 1.78. The van der Waals surface area contributed by atoms with Gasteiger partial charge in [-0.2, -0.15) is 0 Å². The smallest absolute Gasteiger partial charge is 0.0587 e. The third-order valence-electron chi connectivity index (χ3n) is 3.52. The summed E-state index contributed by atoms with van der Waals surface area (Å²) in [6.45, 7) is 0. The molecule has 1 heterocycles. The molecule has 3 rings (SSSR count). The fourth-order valence-corrected chi connectivity index (χ4v) is 3.41. The van der Waals surface area contributed by atoms with Crippen LogP contribution in [0.5, 0.6) is 0 Å². The molecule has 3 atom stereocenters. The summed E-state index contributed by atoms with van der Waals surface area (Å²) in [5.74, 6) is 7.01. The lowest BCUT2D eigenvalue weighted by Crippen LogP contribution is -2.29. The number of hydrogen-bond acceptors (Lipinski definition) is 3. The maximum atomic E-state index is 5.70. The molecule has 88 valence electrons. The molecule has 0 radical (unpaired) electrons. The summed E-state index contributed by atoms with van der Waals surface area (Å²) in [6.07, 6.45) is 1.23. The van der Waals surface area contributed by atoms with Crippen LogP contribution >= 0.6 is 11.3 Å². The van der Waals surface area contributed by atoms with Crippen molar-refractivity contribution in [3.05, 3.63) is 58.3 Å². The zero-order valence-corrected chi connectivity index (χ0v) is 10.4. The summed E-state index contributed by atoms with van der Waals surface area (Å²) in [6, 6.07) is 15.3. The number of rotatable bonds is 4. The fraction of sp³-hybridized carbons (Fsp3) is 0.286. The van der Waals surface area contributed by atoms with Gasteiger partial charge in [0, 0.05) is 4.88 Å². The van der Waals surface area contributed by atoms with Crippen molar-refractivity contribution in [2.45, 2.75) is 18.4 Å². The van der Waals surface area contributed by atoms with E-state index in [2.05, 4.69) is 53.3 Å². The minimum absolute atomic E-state index is 0.306. The van der Waals surface area contributed by atoms with Gasteiger partial charge in [0.1, 0.15) is 0 Å². The van der Waals surface area contributed by atoms with Crippen LogP contribution in [0.15, 0.2) is 47.8 Å². The second-order valence-corrected chi connectivity index (χ2v) is 5.56. The molecule has 1 aliphatic rings. The molecule has 3 heteroatoms. The molecule has 0 bridgehead atoms. The topological polar surface area (TPSA) is 38.0 Å². The molecule has 1 saturated carbocycles. The Morgan fingerprint density at radius 3 is 2.65 bits per heavy atom. The molecule has 3 unspecified atom stereocenters. The summed E-state index contributed by atoms with van der Waals surface area (Å²) < 4.78 is 0. The molecule has 1 aromatic heterocycles. The lowest BCUT2D eigenvalue weighted by Gasteiger charge is -2.14. The highest BCUT2D eigenvalue weighted by atomic mass is 32.1. The van der Waals surface area contributed by atoms with E-state index >= 15 is 0 Å². The molecular weight excluding hydrogens is 228 g/mol. The normalized spacial score (nSPS) is 24.5. The quantitative estimate of drug-likeness (QED) is 0.641. The van der Waals surface area contributed by atoms with E-state index in [0.717, 1.165) is 0 Å². The van der Waals surface area contributed by atoms with Crippen LogP contribution in [-0.4, -0.2) is 0 Å². The van der Waals surface area contributed by atoms with Gasteiger partial charge in [-0.25, -0.2) is 0 Å². The summed E-state index contributed by atoms with van der Waals surface area (Å²) in [5, 5.41) is 2.11. The summed E-state index contributed by atoms with van der Waals surface area (Å²) in [4.78, 5) is 1.34. The SMILES string of the molecule is NNC(c1cccs1)C1CC1c1ccccc1. The maximum absolute atomic E-state index is 5.70. The maximum Gasteiger partial charge on any atom is 0.0587 e. The Labute approximate surface area is 105 Å². The number of nitrogens with one attached hydrogen (secondary N) is 1. The molecular formula is C14H16N2S. The molecule has 2 nitrogen and oxygen atoms in total. The lowest BCUT2D eigenvalue weighted by molar-refractivity contribution is 0.495. The van der Waals surface area contributed by atoms with E-state index in [9.17, 15) is 0 Å². The summed E-state index contributed by atoms with van der Waals surface area (Å²) in [7, 11) is 0. The molecule has 2 aromatic rings. The van der Waals surface area contributed by atoms with Crippen LogP contribution in [-0.2, 0) is 0 Å². The van der Waals surface area contributed by atoms with E-state index in [1.807, 2.05) is 0 Å². The Morgan fingerprint density at radius 1 is 1.18 bits per heavy atom. The van der Waals surface area contributed by atoms with Gasteiger partial charge in [0.15, 0.2) is 0 Å². The van der Waals surface area contributed by atoms with E-state index in [-0.39, 0.29) is 0 Å². The molecule has 1 fully saturated rings. The Kier molecular flexibility index (Phi) is 2.97. The van der Waals surface area contributed by atoms with E-state index < -0.39 is 0 Å². The monoisotopic (exact) mass is 244 g/mol. The number of hydrogen-bond donors (Lipinski definition) is 2. The van der Waals surface area contributed by atoms with E-state index in [1.165, 1.54) is 16.9 Å². The van der Waals surface area contributed by atoms with E-state index in [0.29, 0.717) is 17.9 Å². The van der Waals surface area contributed by atoms with Crippen molar-refractivity contribution < 1.29 is 0 Å². The first-order valence-corrected chi connectivity index (χ1v) is 6.82. The molecule has 17 heavy (non-hydrogen) atoms. The first kappa shape index (κ1) is 11.0. The van der Waals surface area contributed by atoms with Crippen molar-refractivity contribution in [2.24, 2.45) is 11.8 Å². The van der Waals surface area contributed by atoms with Crippen LogP contribution in [0.1, 0.15) is 28.8 Å². The predicted octanol–water partition coefficient (Wildman–Crippen LogP) is 3.06. The van der Waals surface area contributed by atoms with Gasteiger partial charge in [-0.15, -0.1) is 11.3 Å². The standard InChI is InChI=1S/C14H16N2S/c15-16-14(13-7-4-8-17-13)12-9-11(12)10-5-2-1-3-6-10/h1-8,11-12,14,16H,9,15H2. The molecule has 0 spiro atoms. The first-order valence-electron chi connectivity index (χ1n) is 5.94. The van der Waals surface area contributed by atoms with Crippen LogP contribution in [0.3, 0.4) is 0 Å². The zero-order valence-electron chi connectivity index (χ0n) is 9.54. The largest absolute Gasteiger partial charge is 0.271 e. The van der Waals surface area contributed by atoms with Gasteiger partial charge in [-0.05, 0) is 35.3 Å². The van der Waals surface area contributed by atoms with Crippen molar-refractivity contribution in [3.8, 4) is 0 Å². The van der Waals surface area contributed by atoms with Crippen molar-refractivity contribution in [2.75, 3.05) is 0 Å². The molecule has 0 aliphatic heterocycles. The molecule has 3 N–H and O–H groups in total. The van der Waals surface area contributed by atoms with Gasteiger partial charge in [0.25, 0.3) is 0 Å². The highest BCUT2D eigenvalue weighted by molar-refractivity contribution is 7.10. The van der Waals surface area contributed by atoms with Crippen LogP contribution < -0.4 is 11.3 Å². The van der Waals surface area contributed by atoms with Crippen LogP contribution in [0.25, 0.3) is 0 Å². The van der Waals surface area contributed by atoms with Gasteiger partial charge in [-0.3, -0.25) is 11.3 Å². The van der Waals surface area contributed by atoms with Crippen LogP contribution in [0.4, 0.5) is 0 Å². The first-order chi connectivity index (χ1) is 8.40. The molecule has 1 aromatic carbocycles. The minimum atomic E-state index is 0.306. The lowest BCUT2D eigenvalue weighted by atomic mass is 10.0. The number of nitrogens with two attached hydrogens (primary N) is 1. The van der Waals surface area contributed by atoms with Crippen molar-refractivity contribution >= 4 is 11.3 Å². The van der Waals surface area contributed by atoms with Gasteiger partial charge >= 0.3 is 0 Å². The number of benzene rings is 1.